The van der Waals surface area contributed by atoms with E-state index in [-0.39, 0.29) is 6.04 Å². The lowest BCUT2D eigenvalue weighted by molar-refractivity contribution is -0.137. The summed E-state index contributed by atoms with van der Waals surface area (Å²) in [5, 5.41) is 3.57. The molecule has 1 fully saturated rings. The van der Waals surface area contributed by atoms with Gasteiger partial charge >= 0.3 is 6.18 Å². The van der Waals surface area contributed by atoms with Crippen LogP contribution in [0.15, 0.2) is 36.9 Å². The molecule has 1 aromatic carbocycles. The third kappa shape index (κ3) is 3.61. The molecule has 0 saturated heterocycles. The van der Waals surface area contributed by atoms with Crippen LogP contribution in [0.4, 0.5) is 19.0 Å². The maximum absolute atomic E-state index is 13.0. The fraction of sp³-hybridized carbons (Fsp3) is 0.417. The minimum atomic E-state index is -4.37. The molecule has 1 N–H and O–H groups in total. The first-order chi connectivity index (χ1) is 16.4. The predicted octanol–water partition coefficient (Wildman–Crippen LogP) is 5.03. The second-order valence-electron chi connectivity index (χ2n) is 9.01. The Bertz CT molecular complexity index is 1350. The predicted molar refractivity (Wildman–Crippen MR) is 121 cm³/mol. The van der Waals surface area contributed by atoms with Gasteiger partial charge in [-0.2, -0.15) is 13.2 Å². The maximum Gasteiger partial charge on any atom is 0.416 e. The summed E-state index contributed by atoms with van der Waals surface area (Å²) < 4.78 is 43.2. The van der Waals surface area contributed by atoms with Gasteiger partial charge in [-0.25, -0.2) is 19.9 Å². The van der Waals surface area contributed by atoms with Gasteiger partial charge in [0.25, 0.3) is 0 Å². The van der Waals surface area contributed by atoms with Crippen LogP contribution in [0.1, 0.15) is 49.2 Å². The number of halogens is 3. The average molecular weight is 467 g/mol. The van der Waals surface area contributed by atoms with Crippen LogP contribution in [0, 0.1) is 0 Å². The fourth-order valence-corrected chi connectivity index (χ4v) is 4.86. The second-order valence-corrected chi connectivity index (χ2v) is 9.01. The molecule has 10 heteroatoms. The number of benzene rings is 1. The highest BCUT2D eigenvalue weighted by atomic mass is 19.4. The number of fused-ring (bicyclic) bond motifs is 2. The van der Waals surface area contributed by atoms with E-state index in [9.17, 15) is 13.2 Å². The molecule has 1 atom stereocenters. The van der Waals surface area contributed by atoms with E-state index in [2.05, 4.69) is 24.8 Å². The average Bonchev–Trinajstić information content (AvgIpc) is 3.46. The molecule has 0 bridgehead atoms. The second kappa shape index (κ2) is 7.82. The lowest BCUT2D eigenvalue weighted by atomic mass is 9.95. The summed E-state index contributed by atoms with van der Waals surface area (Å²) in [6.45, 7) is 2.54. The molecule has 3 aromatic heterocycles. The van der Waals surface area contributed by atoms with E-state index < -0.39 is 11.7 Å². The van der Waals surface area contributed by atoms with Crippen LogP contribution in [0.3, 0.4) is 0 Å². The van der Waals surface area contributed by atoms with Crippen molar-refractivity contribution < 1.29 is 13.2 Å². The van der Waals surface area contributed by atoms with Gasteiger partial charge in [0.1, 0.15) is 12.2 Å². The van der Waals surface area contributed by atoms with E-state index in [1.807, 2.05) is 17.8 Å². The molecule has 1 unspecified atom stereocenters. The van der Waals surface area contributed by atoms with E-state index in [1.165, 1.54) is 42.7 Å². The van der Waals surface area contributed by atoms with E-state index in [0.29, 0.717) is 41.0 Å². The highest BCUT2D eigenvalue weighted by Gasteiger charge is 2.32. The van der Waals surface area contributed by atoms with Gasteiger partial charge in [-0.3, -0.25) is 0 Å². The SMILES string of the molecule is CCn1c(-c2ccc(C(F)(F)F)cc2)nc2c(NC3CCc4ncn(C5CC5)c4C3)ncnc21. The minimum absolute atomic E-state index is 0.195. The van der Waals surface area contributed by atoms with Crippen molar-refractivity contribution in [3.8, 4) is 11.4 Å². The summed E-state index contributed by atoms with van der Waals surface area (Å²) in [5.41, 5.74) is 3.71. The van der Waals surface area contributed by atoms with Gasteiger partial charge in [-0.1, -0.05) is 12.1 Å². The molecule has 7 nitrogen and oxygen atoms in total. The van der Waals surface area contributed by atoms with E-state index >= 15 is 0 Å². The fourth-order valence-electron chi connectivity index (χ4n) is 4.86. The van der Waals surface area contributed by atoms with Gasteiger partial charge < -0.3 is 14.5 Å². The van der Waals surface area contributed by atoms with Gasteiger partial charge in [0.05, 0.1) is 17.6 Å². The third-order valence-corrected chi connectivity index (χ3v) is 6.75. The van der Waals surface area contributed by atoms with E-state index in [1.54, 1.807) is 0 Å². The largest absolute Gasteiger partial charge is 0.416 e. The summed E-state index contributed by atoms with van der Waals surface area (Å²) in [6, 6.07) is 5.87. The summed E-state index contributed by atoms with van der Waals surface area (Å²) in [6.07, 6.45) is 4.29. The van der Waals surface area contributed by atoms with Crippen molar-refractivity contribution >= 4 is 17.0 Å². The number of nitrogens with zero attached hydrogens (tertiary/aromatic N) is 6. The zero-order valence-electron chi connectivity index (χ0n) is 18.7. The standard InChI is InChI=1S/C24H24F3N7/c1-2-33-22(14-3-5-15(6-4-14)24(25,26)27)32-20-21(28-12-29-23(20)33)31-16-7-10-18-19(11-16)34(13-30-18)17-8-9-17/h3-6,12-13,16-17H,2,7-11H2,1H3,(H,28,29,31). The Morgan fingerprint density at radius 2 is 1.85 bits per heavy atom. The van der Waals surface area contributed by atoms with Crippen molar-refractivity contribution in [2.45, 2.75) is 63.8 Å². The summed E-state index contributed by atoms with van der Waals surface area (Å²) in [7, 11) is 0. The first kappa shape index (κ1) is 21.1. The first-order valence-electron chi connectivity index (χ1n) is 11.6. The molecule has 0 amide bonds. The Balaban J connectivity index is 1.32. The molecule has 3 heterocycles. The molecule has 6 rings (SSSR count). The Morgan fingerprint density at radius 1 is 1.06 bits per heavy atom. The Kier molecular flexibility index (Phi) is 4.86. The quantitative estimate of drug-likeness (QED) is 0.446. The number of anilines is 1. The van der Waals surface area contributed by atoms with Gasteiger partial charge in [-0.05, 0) is 44.7 Å². The normalized spacial score (nSPS) is 18.3. The van der Waals surface area contributed by atoms with Gasteiger partial charge in [0, 0.05) is 36.3 Å². The van der Waals surface area contributed by atoms with E-state index in [0.717, 1.165) is 31.4 Å². The summed E-state index contributed by atoms with van der Waals surface area (Å²) >= 11 is 0. The van der Waals surface area contributed by atoms with Crippen molar-refractivity contribution in [1.29, 1.82) is 0 Å². The van der Waals surface area contributed by atoms with Crippen molar-refractivity contribution in [2.75, 3.05) is 5.32 Å². The topological polar surface area (TPSA) is 73.5 Å². The molecule has 0 aliphatic heterocycles. The number of aryl methyl sites for hydroxylation is 2. The number of imidazole rings is 2. The molecule has 1 saturated carbocycles. The smallest absolute Gasteiger partial charge is 0.365 e. The molecular weight excluding hydrogens is 443 g/mol. The highest BCUT2D eigenvalue weighted by Crippen LogP contribution is 2.38. The molecule has 4 aromatic rings. The molecule has 176 valence electrons. The molecular formula is C24H24F3N7. The van der Waals surface area contributed by atoms with Crippen molar-refractivity contribution in [3.63, 3.8) is 0 Å². The Hall–Kier alpha value is -3.43. The molecule has 0 radical (unpaired) electrons. The Morgan fingerprint density at radius 3 is 2.56 bits per heavy atom. The maximum atomic E-state index is 13.0. The van der Waals surface area contributed by atoms with Crippen molar-refractivity contribution in [3.05, 3.63) is 53.9 Å². The zero-order valence-corrected chi connectivity index (χ0v) is 18.7. The number of nitrogens with one attached hydrogen (secondary N) is 1. The van der Waals surface area contributed by atoms with Gasteiger partial charge in [0.15, 0.2) is 17.0 Å². The lowest BCUT2D eigenvalue weighted by Crippen LogP contribution is -2.29. The first-order valence-corrected chi connectivity index (χ1v) is 11.6. The molecule has 34 heavy (non-hydrogen) atoms. The van der Waals surface area contributed by atoms with Crippen molar-refractivity contribution in [1.82, 2.24) is 29.1 Å². The highest BCUT2D eigenvalue weighted by molar-refractivity contribution is 5.86. The zero-order chi connectivity index (χ0) is 23.4. The molecule has 2 aliphatic carbocycles. The van der Waals surface area contributed by atoms with Crippen molar-refractivity contribution in [2.24, 2.45) is 0 Å². The minimum Gasteiger partial charge on any atom is -0.365 e. The monoisotopic (exact) mass is 467 g/mol. The van der Waals surface area contributed by atoms with Crippen LogP contribution in [0.25, 0.3) is 22.6 Å². The lowest BCUT2D eigenvalue weighted by Gasteiger charge is -2.24. The Labute approximate surface area is 194 Å². The van der Waals surface area contributed by atoms with Gasteiger partial charge in [-0.15, -0.1) is 0 Å². The molecule has 2 aliphatic rings. The van der Waals surface area contributed by atoms with Gasteiger partial charge in [0.2, 0.25) is 0 Å². The number of hydrogen-bond donors (Lipinski definition) is 1. The van der Waals surface area contributed by atoms with Crippen LogP contribution in [0.2, 0.25) is 0 Å². The number of hydrogen-bond acceptors (Lipinski definition) is 5. The van der Waals surface area contributed by atoms with Crippen LogP contribution in [-0.4, -0.2) is 35.1 Å². The van der Waals surface area contributed by atoms with E-state index in [4.69, 9.17) is 4.98 Å². The molecule has 0 spiro atoms. The van der Waals surface area contributed by atoms with Crippen LogP contribution in [0.5, 0.6) is 0 Å². The van der Waals surface area contributed by atoms with Crippen LogP contribution >= 0.6 is 0 Å². The number of aromatic nitrogens is 6. The van der Waals surface area contributed by atoms with Crippen LogP contribution < -0.4 is 5.32 Å². The number of rotatable bonds is 5. The number of alkyl halides is 3. The summed E-state index contributed by atoms with van der Waals surface area (Å²) in [5.74, 6) is 1.23. The summed E-state index contributed by atoms with van der Waals surface area (Å²) in [4.78, 5) is 18.3. The third-order valence-electron chi connectivity index (χ3n) is 6.75. The van der Waals surface area contributed by atoms with Crippen LogP contribution in [-0.2, 0) is 25.6 Å².